The first-order chi connectivity index (χ1) is 15.6. The summed E-state index contributed by atoms with van der Waals surface area (Å²) in [5.41, 5.74) is 3.52. The van der Waals surface area contributed by atoms with Crippen LogP contribution in [0.3, 0.4) is 0 Å². The van der Waals surface area contributed by atoms with E-state index >= 15 is 0 Å². The lowest BCUT2D eigenvalue weighted by Gasteiger charge is -2.01. The smallest absolute Gasteiger partial charge is 0.348 e. The summed E-state index contributed by atoms with van der Waals surface area (Å²) in [7, 11) is 1.32. The number of anilines is 1. The predicted octanol–water partition coefficient (Wildman–Crippen LogP) is 4.49. The number of hydrogen-bond acceptors (Lipinski definition) is 6. The second-order valence-electron chi connectivity index (χ2n) is 6.84. The Morgan fingerprint density at radius 3 is 2.72 bits per heavy atom. The normalized spacial score (nSPS) is 10.9. The fraction of sp³-hybridized carbons (Fsp3) is 0.0833. The summed E-state index contributed by atoms with van der Waals surface area (Å²) in [6.45, 7) is 0.611. The van der Waals surface area contributed by atoms with Crippen molar-refractivity contribution in [2.75, 3.05) is 12.4 Å². The Morgan fingerprint density at radius 1 is 1.12 bits per heavy atom. The lowest BCUT2D eigenvalue weighted by Crippen LogP contribution is -2.06. The number of hydrogen-bond donors (Lipinski definition) is 1. The molecule has 0 aliphatic rings. The molecule has 0 aliphatic heterocycles. The summed E-state index contributed by atoms with van der Waals surface area (Å²) in [4.78, 5) is 28.6. The summed E-state index contributed by atoms with van der Waals surface area (Å²) < 4.78 is 6.53. The maximum Gasteiger partial charge on any atom is 0.348 e. The zero-order chi connectivity index (χ0) is 22.3. The van der Waals surface area contributed by atoms with E-state index in [2.05, 4.69) is 10.3 Å². The van der Waals surface area contributed by atoms with Gasteiger partial charge in [-0.15, -0.1) is 11.3 Å². The molecule has 0 aliphatic carbocycles. The summed E-state index contributed by atoms with van der Waals surface area (Å²) in [5.74, 6) is -0.741. The van der Waals surface area contributed by atoms with E-state index in [1.54, 1.807) is 30.6 Å². The quantitative estimate of drug-likeness (QED) is 0.335. The number of esters is 1. The lowest BCUT2D eigenvalue weighted by atomic mass is 10.1. The van der Waals surface area contributed by atoms with Crippen LogP contribution in [0.5, 0.6) is 0 Å². The minimum Gasteiger partial charge on any atom is -0.465 e. The van der Waals surface area contributed by atoms with Gasteiger partial charge in [-0.3, -0.25) is 14.5 Å². The Balaban J connectivity index is 1.54. The Bertz CT molecular complexity index is 1250. The highest BCUT2D eigenvalue weighted by Gasteiger charge is 2.12. The number of nitrogens with one attached hydrogen (secondary N) is 1. The van der Waals surface area contributed by atoms with Crippen LogP contribution in [-0.2, 0) is 16.1 Å². The van der Waals surface area contributed by atoms with Gasteiger partial charge >= 0.3 is 5.97 Å². The van der Waals surface area contributed by atoms with Crippen molar-refractivity contribution in [3.8, 4) is 11.3 Å². The van der Waals surface area contributed by atoms with Gasteiger partial charge in [0.05, 0.1) is 18.7 Å². The number of pyridine rings is 1. The van der Waals surface area contributed by atoms with E-state index in [-0.39, 0.29) is 5.91 Å². The molecule has 0 saturated carbocycles. The van der Waals surface area contributed by atoms with E-state index in [9.17, 15) is 9.59 Å². The first-order valence-corrected chi connectivity index (χ1v) is 10.6. The zero-order valence-electron chi connectivity index (χ0n) is 17.3. The van der Waals surface area contributed by atoms with Gasteiger partial charge in [0.25, 0.3) is 0 Å². The van der Waals surface area contributed by atoms with E-state index in [0.717, 1.165) is 33.7 Å². The van der Waals surface area contributed by atoms with Gasteiger partial charge in [-0.25, -0.2) is 4.79 Å². The van der Waals surface area contributed by atoms with E-state index < -0.39 is 5.97 Å². The Morgan fingerprint density at radius 2 is 1.97 bits per heavy atom. The molecule has 0 atom stereocenters. The molecule has 3 heterocycles. The van der Waals surface area contributed by atoms with E-state index in [0.29, 0.717) is 16.4 Å². The first-order valence-electron chi connectivity index (χ1n) is 9.81. The average molecular weight is 445 g/mol. The van der Waals surface area contributed by atoms with Gasteiger partial charge in [0.1, 0.15) is 10.6 Å². The first kappa shape index (κ1) is 21.2. The monoisotopic (exact) mass is 444 g/mol. The average Bonchev–Trinajstić information content (AvgIpc) is 3.45. The Labute approximate surface area is 189 Å². The molecule has 160 valence electrons. The maximum absolute atomic E-state index is 12.4. The molecule has 0 saturated heterocycles. The largest absolute Gasteiger partial charge is 0.465 e. The van der Waals surface area contributed by atoms with Crippen molar-refractivity contribution in [1.82, 2.24) is 14.8 Å². The van der Waals surface area contributed by atoms with Gasteiger partial charge in [-0.2, -0.15) is 5.10 Å². The number of carbonyl (C=O) groups is 2. The third kappa shape index (κ3) is 5.16. The molecule has 4 aromatic rings. The Kier molecular flexibility index (Phi) is 6.52. The van der Waals surface area contributed by atoms with Crippen molar-refractivity contribution < 1.29 is 14.3 Å². The number of aromatic nitrogens is 3. The van der Waals surface area contributed by atoms with Crippen LogP contribution in [0.15, 0.2) is 79.3 Å². The fourth-order valence-electron chi connectivity index (χ4n) is 3.08. The number of methoxy groups -OCH3 is 1. The van der Waals surface area contributed by atoms with Gasteiger partial charge in [0.2, 0.25) is 5.91 Å². The summed E-state index contributed by atoms with van der Waals surface area (Å²) in [6.07, 6.45) is 8.52. The molecule has 0 unspecified atom stereocenters. The molecule has 0 bridgehead atoms. The van der Waals surface area contributed by atoms with Gasteiger partial charge in [0.15, 0.2) is 0 Å². The van der Waals surface area contributed by atoms with Gasteiger partial charge < -0.3 is 10.1 Å². The van der Waals surface area contributed by atoms with Crippen molar-refractivity contribution in [2.45, 2.75) is 6.54 Å². The molecule has 4 rings (SSSR count). The lowest BCUT2D eigenvalue weighted by molar-refractivity contribution is -0.111. The van der Waals surface area contributed by atoms with E-state index in [1.807, 2.05) is 53.3 Å². The zero-order valence-corrected chi connectivity index (χ0v) is 18.1. The number of nitrogens with zero attached hydrogens (tertiary/aromatic N) is 3. The van der Waals surface area contributed by atoms with Crippen molar-refractivity contribution in [3.63, 3.8) is 0 Å². The molecule has 0 fully saturated rings. The minimum absolute atomic E-state index is 0.309. The highest BCUT2D eigenvalue weighted by atomic mass is 32.1. The molecular weight excluding hydrogens is 424 g/mol. The number of amides is 1. The SMILES string of the molecule is COC(=O)c1ccc(NC(=O)/C=C/c2cn(Cc3ccccc3)nc2-c2cccnc2)s1. The van der Waals surface area contributed by atoms with Crippen molar-refractivity contribution in [1.29, 1.82) is 0 Å². The Hall–Kier alpha value is -4.04. The number of carbonyl (C=O) groups excluding carboxylic acids is 2. The van der Waals surface area contributed by atoms with Crippen LogP contribution in [0.25, 0.3) is 17.3 Å². The van der Waals surface area contributed by atoms with Crippen LogP contribution in [0.2, 0.25) is 0 Å². The van der Waals surface area contributed by atoms with Crippen molar-refractivity contribution >= 4 is 34.3 Å². The second kappa shape index (κ2) is 9.84. The number of benzene rings is 1. The molecule has 0 radical (unpaired) electrons. The van der Waals surface area contributed by atoms with Gasteiger partial charge in [0, 0.05) is 35.8 Å². The molecule has 7 nitrogen and oxygen atoms in total. The third-order valence-corrected chi connectivity index (χ3v) is 5.55. The van der Waals surface area contributed by atoms with Crippen LogP contribution in [0.1, 0.15) is 20.8 Å². The highest BCUT2D eigenvalue weighted by Crippen LogP contribution is 2.24. The fourth-order valence-corrected chi connectivity index (χ4v) is 3.91. The van der Waals surface area contributed by atoms with Crippen LogP contribution < -0.4 is 5.32 Å². The predicted molar refractivity (Wildman–Crippen MR) is 124 cm³/mol. The van der Waals surface area contributed by atoms with Crippen molar-refractivity contribution in [2.24, 2.45) is 0 Å². The number of rotatable bonds is 7. The van der Waals surface area contributed by atoms with Crippen LogP contribution in [0.4, 0.5) is 5.00 Å². The molecule has 32 heavy (non-hydrogen) atoms. The third-order valence-electron chi connectivity index (χ3n) is 4.57. The van der Waals surface area contributed by atoms with E-state index in [1.165, 1.54) is 13.2 Å². The molecule has 1 aromatic carbocycles. The van der Waals surface area contributed by atoms with E-state index in [4.69, 9.17) is 9.84 Å². The second-order valence-corrected chi connectivity index (χ2v) is 7.92. The van der Waals surface area contributed by atoms with Crippen molar-refractivity contribution in [3.05, 3.63) is 95.3 Å². The number of ether oxygens (including phenoxy) is 1. The molecule has 3 aromatic heterocycles. The summed E-state index contributed by atoms with van der Waals surface area (Å²) >= 11 is 1.16. The molecule has 1 amide bonds. The van der Waals surface area contributed by atoms with Crippen LogP contribution in [-0.4, -0.2) is 33.8 Å². The molecule has 0 spiro atoms. The number of thiophene rings is 1. The van der Waals surface area contributed by atoms with Crippen LogP contribution in [0, 0.1) is 0 Å². The van der Waals surface area contributed by atoms with Crippen LogP contribution >= 0.6 is 11.3 Å². The van der Waals surface area contributed by atoms with Gasteiger partial charge in [-0.05, 0) is 35.9 Å². The van der Waals surface area contributed by atoms with Gasteiger partial charge in [-0.1, -0.05) is 30.3 Å². The summed E-state index contributed by atoms with van der Waals surface area (Å²) in [5, 5.41) is 8.04. The minimum atomic E-state index is -0.432. The highest BCUT2D eigenvalue weighted by molar-refractivity contribution is 7.18. The maximum atomic E-state index is 12.4. The molecule has 1 N–H and O–H groups in total. The topological polar surface area (TPSA) is 86.1 Å². The molecule has 8 heteroatoms. The standard InChI is InChI=1S/C24H20N4O3S/c1-31-24(30)20-10-12-22(32-20)26-21(29)11-9-19-16-28(15-17-6-3-2-4-7-17)27-23(19)18-8-5-13-25-14-18/h2-14,16H,15H2,1H3,(H,26,29)/b11-9+. The summed E-state index contributed by atoms with van der Waals surface area (Å²) in [6, 6.07) is 17.1. The molecular formula is C24H20N4O3S.